The quantitative estimate of drug-likeness (QED) is 0.833. The molecule has 1 aromatic rings. The van der Waals surface area contributed by atoms with E-state index in [1.807, 2.05) is 0 Å². The molecule has 0 saturated carbocycles. The number of nitrogens with one attached hydrogen (secondary N) is 2. The largest absolute Gasteiger partial charge is 0.348 e. The number of hydrogen-bond donors (Lipinski definition) is 2. The van der Waals surface area contributed by atoms with Gasteiger partial charge < -0.3 is 20.1 Å². The van der Waals surface area contributed by atoms with Gasteiger partial charge in [-0.25, -0.2) is 13.2 Å². The summed E-state index contributed by atoms with van der Waals surface area (Å²) in [5, 5.41) is 4.92. The summed E-state index contributed by atoms with van der Waals surface area (Å²) in [6.45, 7) is 4.02. The van der Waals surface area contributed by atoms with E-state index in [1.165, 1.54) is 12.1 Å². The molecule has 0 bridgehead atoms. The molecule has 1 atom stereocenters. The highest BCUT2D eigenvalue weighted by Gasteiger charge is 2.32. The van der Waals surface area contributed by atoms with E-state index in [2.05, 4.69) is 10.6 Å². The molecular formula is C14H18F2N2O5S. The predicted molar refractivity (Wildman–Crippen MR) is 81.6 cm³/mol. The van der Waals surface area contributed by atoms with E-state index in [-0.39, 0.29) is 18.3 Å². The van der Waals surface area contributed by atoms with E-state index >= 15 is 0 Å². The standard InChI is InChI=1S/C14H18F2N2O5S/c1-14(2)22-8-10(23-14)7-17-13(19)18-9-4-3-5-11(6-9)24(20,21)12(15)16/h3-6,10,12H,7-8H2,1-2H3,(H2,17,18,19)/t10-/m0/s1. The Morgan fingerprint density at radius 1 is 1.42 bits per heavy atom. The lowest BCUT2D eigenvalue weighted by molar-refractivity contribution is -0.137. The third-order valence-corrected chi connectivity index (χ3v) is 4.59. The van der Waals surface area contributed by atoms with Gasteiger partial charge in [0, 0.05) is 12.2 Å². The van der Waals surface area contributed by atoms with E-state index in [9.17, 15) is 22.0 Å². The highest BCUT2D eigenvalue weighted by molar-refractivity contribution is 7.91. The molecular weight excluding hydrogens is 346 g/mol. The molecule has 1 fully saturated rings. The molecule has 1 aliphatic rings. The normalized spacial score (nSPS) is 20.1. The molecule has 1 aliphatic heterocycles. The summed E-state index contributed by atoms with van der Waals surface area (Å²) in [6.07, 6.45) is -0.309. The number of sulfone groups is 1. The summed E-state index contributed by atoms with van der Waals surface area (Å²) < 4.78 is 58.8. The number of amides is 2. The molecule has 1 heterocycles. The second-order valence-corrected chi connectivity index (χ2v) is 7.54. The topological polar surface area (TPSA) is 93.7 Å². The van der Waals surface area contributed by atoms with Crippen molar-refractivity contribution in [2.45, 2.75) is 36.4 Å². The van der Waals surface area contributed by atoms with Crippen LogP contribution < -0.4 is 10.6 Å². The van der Waals surface area contributed by atoms with Crippen molar-refractivity contribution < 1.29 is 31.5 Å². The van der Waals surface area contributed by atoms with Gasteiger partial charge in [-0.15, -0.1) is 0 Å². The first-order valence-electron chi connectivity index (χ1n) is 7.09. The fraction of sp³-hybridized carbons (Fsp3) is 0.500. The van der Waals surface area contributed by atoms with Crippen molar-refractivity contribution in [3.63, 3.8) is 0 Å². The minimum Gasteiger partial charge on any atom is -0.348 e. The molecule has 0 radical (unpaired) electrons. The smallest absolute Gasteiger partial charge is 0.341 e. The van der Waals surface area contributed by atoms with Crippen molar-refractivity contribution >= 4 is 21.6 Å². The van der Waals surface area contributed by atoms with E-state index in [1.54, 1.807) is 13.8 Å². The lowest BCUT2D eigenvalue weighted by Gasteiger charge is -2.17. The minimum atomic E-state index is -4.72. The first kappa shape index (κ1) is 18.6. The third-order valence-electron chi connectivity index (χ3n) is 3.21. The van der Waals surface area contributed by atoms with E-state index < -0.39 is 32.3 Å². The average Bonchev–Trinajstić information content (AvgIpc) is 2.84. The van der Waals surface area contributed by atoms with Gasteiger partial charge in [0.15, 0.2) is 5.79 Å². The van der Waals surface area contributed by atoms with E-state index in [4.69, 9.17) is 9.47 Å². The molecule has 1 saturated heterocycles. The first-order valence-corrected chi connectivity index (χ1v) is 8.63. The van der Waals surface area contributed by atoms with Gasteiger partial charge in [-0.1, -0.05) is 6.07 Å². The lowest BCUT2D eigenvalue weighted by Crippen LogP contribution is -2.37. The van der Waals surface area contributed by atoms with Gasteiger partial charge in [0.05, 0.1) is 11.5 Å². The maximum atomic E-state index is 12.5. The molecule has 0 aromatic heterocycles. The lowest BCUT2D eigenvalue weighted by atomic mass is 10.3. The van der Waals surface area contributed by atoms with Gasteiger partial charge in [0.25, 0.3) is 0 Å². The second kappa shape index (κ2) is 6.99. The van der Waals surface area contributed by atoms with Crippen LogP contribution in [0.25, 0.3) is 0 Å². The highest BCUT2D eigenvalue weighted by atomic mass is 32.2. The number of anilines is 1. The van der Waals surface area contributed by atoms with Crippen LogP contribution in [0.3, 0.4) is 0 Å². The van der Waals surface area contributed by atoms with Crippen molar-refractivity contribution in [1.29, 1.82) is 0 Å². The Morgan fingerprint density at radius 2 is 2.12 bits per heavy atom. The molecule has 0 aliphatic carbocycles. The molecule has 134 valence electrons. The Kier molecular flexibility index (Phi) is 5.41. The summed E-state index contributed by atoms with van der Waals surface area (Å²) in [4.78, 5) is 11.2. The van der Waals surface area contributed by atoms with E-state index in [0.29, 0.717) is 6.61 Å². The molecule has 7 nitrogen and oxygen atoms in total. The van der Waals surface area contributed by atoms with Crippen molar-refractivity contribution in [2.24, 2.45) is 0 Å². The van der Waals surface area contributed by atoms with Gasteiger partial charge in [-0.05, 0) is 32.0 Å². The van der Waals surface area contributed by atoms with Gasteiger partial charge in [-0.2, -0.15) is 8.78 Å². The average molecular weight is 364 g/mol. The van der Waals surface area contributed by atoms with Crippen LogP contribution in [0, 0.1) is 0 Å². The SMILES string of the molecule is CC1(C)OC[C@H](CNC(=O)Nc2cccc(S(=O)(=O)C(F)F)c2)O1. The molecule has 2 rings (SSSR count). The molecule has 0 spiro atoms. The van der Waals surface area contributed by atoms with Crippen molar-refractivity contribution in [3.05, 3.63) is 24.3 Å². The van der Waals surface area contributed by atoms with Crippen LogP contribution in [0.4, 0.5) is 19.3 Å². The van der Waals surface area contributed by atoms with Crippen LogP contribution >= 0.6 is 0 Å². The van der Waals surface area contributed by atoms with Crippen LogP contribution in [-0.4, -0.2) is 45.2 Å². The van der Waals surface area contributed by atoms with Gasteiger partial charge in [0.2, 0.25) is 9.84 Å². The Labute approximate surface area is 138 Å². The number of urea groups is 1. The summed E-state index contributed by atoms with van der Waals surface area (Å²) >= 11 is 0. The third kappa shape index (κ3) is 4.62. The minimum absolute atomic E-state index is 0.0816. The molecule has 10 heteroatoms. The summed E-state index contributed by atoms with van der Waals surface area (Å²) in [5.41, 5.74) is 0.0816. The predicted octanol–water partition coefficient (Wildman–Crippen LogP) is 1.96. The van der Waals surface area contributed by atoms with Gasteiger partial charge in [-0.3, -0.25) is 0 Å². The van der Waals surface area contributed by atoms with Gasteiger partial charge >= 0.3 is 11.8 Å². The zero-order valence-corrected chi connectivity index (χ0v) is 13.9. The number of benzene rings is 1. The number of ether oxygens (including phenoxy) is 2. The molecule has 2 amide bonds. The monoisotopic (exact) mass is 364 g/mol. The fourth-order valence-corrected chi connectivity index (χ4v) is 2.86. The zero-order chi connectivity index (χ0) is 18.0. The molecule has 24 heavy (non-hydrogen) atoms. The van der Waals surface area contributed by atoms with Crippen LogP contribution in [0.2, 0.25) is 0 Å². The van der Waals surface area contributed by atoms with Crippen molar-refractivity contribution in [3.8, 4) is 0 Å². The second-order valence-electron chi connectivity index (χ2n) is 5.62. The number of halogens is 2. The first-order chi connectivity index (χ1) is 11.1. The Hall–Kier alpha value is -1.78. The number of rotatable bonds is 5. The summed E-state index contributed by atoms with van der Waals surface area (Å²) in [6, 6.07) is 4.05. The van der Waals surface area contributed by atoms with E-state index in [0.717, 1.165) is 12.1 Å². The number of carbonyl (C=O) groups excluding carboxylic acids is 1. The van der Waals surface area contributed by atoms with Crippen LogP contribution in [0.15, 0.2) is 29.2 Å². The zero-order valence-electron chi connectivity index (χ0n) is 13.1. The number of hydrogen-bond acceptors (Lipinski definition) is 5. The number of carbonyl (C=O) groups is 1. The molecule has 0 unspecified atom stereocenters. The Bertz CT molecular complexity index is 709. The maximum Gasteiger partial charge on any atom is 0.341 e. The highest BCUT2D eigenvalue weighted by Crippen LogP contribution is 2.22. The van der Waals surface area contributed by atoms with Crippen molar-refractivity contribution in [2.75, 3.05) is 18.5 Å². The Morgan fingerprint density at radius 3 is 2.71 bits per heavy atom. The molecule has 2 N–H and O–H groups in total. The maximum absolute atomic E-state index is 12.5. The van der Waals surface area contributed by atoms with Gasteiger partial charge in [0.1, 0.15) is 6.10 Å². The van der Waals surface area contributed by atoms with Crippen LogP contribution in [0.1, 0.15) is 13.8 Å². The van der Waals surface area contributed by atoms with Crippen LogP contribution in [-0.2, 0) is 19.3 Å². The van der Waals surface area contributed by atoms with Crippen molar-refractivity contribution in [1.82, 2.24) is 5.32 Å². The summed E-state index contributed by atoms with van der Waals surface area (Å²) in [7, 11) is -4.72. The fourth-order valence-electron chi connectivity index (χ4n) is 2.10. The summed E-state index contributed by atoms with van der Waals surface area (Å²) in [5.74, 6) is -4.23. The van der Waals surface area contributed by atoms with Crippen LogP contribution in [0.5, 0.6) is 0 Å². The molecule has 1 aromatic carbocycles. The number of alkyl halides is 2. The Balaban J connectivity index is 1.93.